The van der Waals surface area contributed by atoms with Gasteiger partial charge in [0.05, 0.1) is 0 Å². The number of carbonyl (C=O) groups excluding carboxylic acids is 1. The third kappa shape index (κ3) is 6.69. The monoisotopic (exact) mass is 565 g/mol. The van der Waals surface area contributed by atoms with E-state index >= 15 is 0 Å². The number of carbonyl (C=O) groups is 1. The number of hydrogen-bond donors (Lipinski definition) is 1. The first-order chi connectivity index (χ1) is 15.1. The van der Waals surface area contributed by atoms with Crippen LogP contribution >= 0.6 is 34.2 Å². The molecule has 0 radical (unpaired) electrons. The van der Waals surface area contributed by atoms with Crippen LogP contribution < -0.4 is 10.1 Å². The fraction of sp³-hybridized carbons (Fsp3) is 0.269. The number of rotatable bonds is 8. The van der Waals surface area contributed by atoms with E-state index in [2.05, 4.69) is 40.0 Å². The molecule has 0 aromatic heterocycles. The second-order valence-corrected chi connectivity index (χ2v) is 10.0. The molecule has 0 aliphatic carbocycles. The van der Waals surface area contributed by atoms with Crippen molar-refractivity contribution in [2.45, 2.75) is 44.8 Å². The predicted octanol–water partition coefficient (Wildman–Crippen LogP) is 6.77. The van der Waals surface area contributed by atoms with Gasteiger partial charge >= 0.3 is 0 Å². The predicted molar refractivity (Wildman–Crippen MR) is 136 cm³/mol. The van der Waals surface area contributed by atoms with Crippen LogP contribution in [0, 0.1) is 9.39 Å². The molecule has 0 aliphatic rings. The number of hydrogen-bond acceptors (Lipinski definition) is 2. The Bertz CT molecular complexity index is 1070. The lowest BCUT2D eigenvalue weighted by molar-refractivity contribution is -0.135. The van der Waals surface area contributed by atoms with E-state index in [0.29, 0.717) is 17.2 Å². The van der Waals surface area contributed by atoms with Crippen molar-refractivity contribution in [1.29, 1.82) is 0 Å². The molecule has 0 saturated carbocycles. The molecule has 1 amide bonds. The zero-order valence-corrected chi connectivity index (χ0v) is 21.2. The summed E-state index contributed by atoms with van der Waals surface area (Å²) in [7, 11) is 0. The molecule has 0 aliphatic heterocycles. The average Bonchev–Trinajstić information content (AvgIpc) is 2.73. The molecule has 3 aromatic rings. The first-order valence-corrected chi connectivity index (χ1v) is 11.8. The van der Waals surface area contributed by atoms with Crippen LogP contribution in [0.3, 0.4) is 0 Å². The van der Waals surface area contributed by atoms with E-state index in [-0.39, 0.29) is 23.7 Å². The average molecular weight is 566 g/mol. The summed E-state index contributed by atoms with van der Waals surface area (Å²) in [5.74, 6) is -0.144. The molecule has 2 unspecified atom stereocenters. The molecule has 1 N–H and O–H groups in total. The summed E-state index contributed by atoms with van der Waals surface area (Å²) in [6.07, 6.45) is 0.664. The zero-order valence-electron chi connectivity index (χ0n) is 18.2. The normalized spacial score (nSPS) is 13.3. The van der Waals surface area contributed by atoms with Crippen molar-refractivity contribution in [3.63, 3.8) is 0 Å². The second-order valence-electron chi connectivity index (χ2n) is 8.32. The SMILES string of the molecule is CC(NC(=O)C(C)(C)Oc1cccc(Cl)c1)C(Cc1ccc(I)cc1)c1cccc(F)c1. The lowest BCUT2D eigenvalue weighted by Gasteiger charge is -2.31. The minimum atomic E-state index is -1.12. The fourth-order valence-corrected chi connectivity index (χ4v) is 4.09. The number of amides is 1. The van der Waals surface area contributed by atoms with Crippen molar-refractivity contribution in [2.24, 2.45) is 0 Å². The number of ether oxygens (including phenoxy) is 1. The summed E-state index contributed by atoms with van der Waals surface area (Å²) in [5.41, 5.74) is 0.842. The molecule has 2 atom stereocenters. The third-order valence-corrected chi connectivity index (χ3v) is 6.28. The summed E-state index contributed by atoms with van der Waals surface area (Å²) in [6, 6.07) is 21.5. The minimum Gasteiger partial charge on any atom is -0.478 e. The Morgan fingerprint density at radius 2 is 1.78 bits per heavy atom. The molecule has 0 spiro atoms. The van der Waals surface area contributed by atoms with Crippen LogP contribution in [0.5, 0.6) is 5.75 Å². The van der Waals surface area contributed by atoms with Crippen molar-refractivity contribution in [1.82, 2.24) is 5.32 Å². The van der Waals surface area contributed by atoms with Gasteiger partial charge in [-0.05, 0) is 103 Å². The van der Waals surface area contributed by atoms with Crippen LogP contribution in [0.25, 0.3) is 0 Å². The Balaban J connectivity index is 1.79. The molecular formula is C26H26ClFINO2. The van der Waals surface area contributed by atoms with Gasteiger partial charge < -0.3 is 10.1 Å². The van der Waals surface area contributed by atoms with Crippen LogP contribution in [0.2, 0.25) is 5.02 Å². The van der Waals surface area contributed by atoms with Crippen LogP contribution in [-0.4, -0.2) is 17.6 Å². The van der Waals surface area contributed by atoms with Crippen LogP contribution in [-0.2, 0) is 11.2 Å². The van der Waals surface area contributed by atoms with Gasteiger partial charge in [0.1, 0.15) is 11.6 Å². The summed E-state index contributed by atoms with van der Waals surface area (Å²) in [6.45, 7) is 5.37. The zero-order chi connectivity index (χ0) is 23.3. The summed E-state index contributed by atoms with van der Waals surface area (Å²) < 4.78 is 21.1. The molecule has 3 rings (SSSR count). The van der Waals surface area contributed by atoms with Crippen molar-refractivity contribution >= 4 is 40.1 Å². The van der Waals surface area contributed by atoms with Crippen molar-refractivity contribution in [3.8, 4) is 5.75 Å². The van der Waals surface area contributed by atoms with E-state index in [0.717, 1.165) is 14.7 Å². The van der Waals surface area contributed by atoms with Gasteiger partial charge in [-0.3, -0.25) is 4.79 Å². The molecule has 3 aromatic carbocycles. The van der Waals surface area contributed by atoms with Gasteiger partial charge in [0, 0.05) is 20.6 Å². The highest BCUT2D eigenvalue weighted by molar-refractivity contribution is 14.1. The summed E-state index contributed by atoms with van der Waals surface area (Å²) >= 11 is 8.30. The van der Waals surface area contributed by atoms with E-state index in [1.165, 1.54) is 12.1 Å². The lowest BCUT2D eigenvalue weighted by Crippen LogP contribution is -2.51. The number of benzene rings is 3. The smallest absolute Gasteiger partial charge is 0.263 e. The van der Waals surface area contributed by atoms with Crippen molar-refractivity contribution in [2.75, 3.05) is 0 Å². The molecular weight excluding hydrogens is 540 g/mol. The Morgan fingerprint density at radius 3 is 2.44 bits per heavy atom. The maximum absolute atomic E-state index is 14.0. The number of nitrogens with one attached hydrogen (secondary N) is 1. The van der Waals surface area contributed by atoms with Gasteiger partial charge in [0.15, 0.2) is 5.60 Å². The maximum Gasteiger partial charge on any atom is 0.263 e. The molecule has 0 bridgehead atoms. The molecule has 0 heterocycles. The van der Waals surface area contributed by atoms with E-state index in [1.54, 1.807) is 44.2 Å². The Morgan fingerprint density at radius 1 is 1.09 bits per heavy atom. The maximum atomic E-state index is 14.0. The van der Waals surface area contributed by atoms with E-state index in [4.69, 9.17) is 16.3 Å². The molecule has 0 saturated heterocycles. The van der Waals surface area contributed by atoms with Crippen LogP contribution in [0.15, 0.2) is 72.8 Å². The van der Waals surface area contributed by atoms with Crippen molar-refractivity contribution in [3.05, 3.63) is 98.3 Å². The Labute approximate surface area is 207 Å². The van der Waals surface area contributed by atoms with Gasteiger partial charge in [-0.15, -0.1) is 0 Å². The summed E-state index contributed by atoms with van der Waals surface area (Å²) in [5, 5.41) is 3.62. The molecule has 0 fully saturated rings. The summed E-state index contributed by atoms with van der Waals surface area (Å²) in [4.78, 5) is 13.1. The quantitative estimate of drug-likeness (QED) is 0.306. The molecule has 3 nitrogen and oxygen atoms in total. The van der Waals surface area contributed by atoms with E-state index in [9.17, 15) is 9.18 Å². The number of halogens is 3. The second kappa shape index (κ2) is 10.7. The van der Waals surface area contributed by atoms with Gasteiger partial charge in [-0.25, -0.2) is 4.39 Å². The van der Waals surface area contributed by atoms with Crippen LogP contribution in [0.4, 0.5) is 4.39 Å². The first-order valence-electron chi connectivity index (χ1n) is 10.4. The Hall–Kier alpha value is -2.12. The van der Waals surface area contributed by atoms with E-state index < -0.39 is 5.60 Å². The molecule has 168 valence electrons. The van der Waals surface area contributed by atoms with Crippen LogP contribution in [0.1, 0.15) is 37.8 Å². The highest BCUT2D eigenvalue weighted by Crippen LogP contribution is 2.27. The Kier molecular flexibility index (Phi) is 8.17. The van der Waals surface area contributed by atoms with E-state index in [1.807, 2.05) is 25.1 Å². The molecule has 32 heavy (non-hydrogen) atoms. The topological polar surface area (TPSA) is 38.3 Å². The van der Waals surface area contributed by atoms with Gasteiger partial charge in [-0.1, -0.05) is 41.9 Å². The fourth-order valence-electron chi connectivity index (χ4n) is 3.55. The largest absolute Gasteiger partial charge is 0.478 e. The lowest BCUT2D eigenvalue weighted by atomic mass is 9.86. The highest BCUT2D eigenvalue weighted by atomic mass is 127. The van der Waals surface area contributed by atoms with Gasteiger partial charge in [0.25, 0.3) is 5.91 Å². The first kappa shape index (κ1) is 24.5. The standard InChI is InChI=1S/C26H26ClFINO2/c1-17(30-25(31)26(2,3)32-23-9-5-7-20(27)16-23)24(19-6-4-8-21(28)15-19)14-18-10-12-22(29)13-11-18/h4-13,15-17,24H,14H2,1-3H3,(H,30,31). The van der Waals surface area contributed by atoms with Gasteiger partial charge in [0.2, 0.25) is 0 Å². The minimum absolute atomic E-state index is 0.114. The van der Waals surface area contributed by atoms with Gasteiger partial charge in [-0.2, -0.15) is 0 Å². The highest BCUT2D eigenvalue weighted by Gasteiger charge is 2.33. The third-order valence-electron chi connectivity index (χ3n) is 5.32. The van der Waals surface area contributed by atoms with Crippen molar-refractivity contribution < 1.29 is 13.9 Å². The molecule has 6 heteroatoms.